The Morgan fingerprint density at radius 2 is 2.13 bits per heavy atom. The zero-order chi connectivity index (χ0) is 16.8. The first-order chi connectivity index (χ1) is 11.0. The molecular formula is C16H20N4O3. The fourth-order valence-electron chi connectivity index (χ4n) is 1.96. The van der Waals surface area contributed by atoms with Gasteiger partial charge >= 0.3 is 6.03 Å². The summed E-state index contributed by atoms with van der Waals surface area (Å²) in [4.78, 5) is 19.7. The lowest BCUT2D eigenvalue weighted by Gasteiger charge is -2.16. The minimum absolute atomic E-state index is 0.0354. The number of nitrogens with zero attached hydrogens (tertiary/aromatic N) is 2. The van der Waals surface area contributed by atoms with Crippen molar-refractivity contribution in [2.24, 2.45) is 0 Å². The molecule has 2 heterocycles. The van der Waals surface area contributed by atoms with Crippen molar-refractivity contribution in [3.63, 3.8) is 0 Å². The number of anilines is 1. The number of aliphatic hydroxyl groups is 1. The van der Waals surface area contributed by atoms with E-state index in [0.717, 1.165) is 11.1 Å². The van der Waals surface area contributed by atoms with E-state index >= 15 is 0 Å². The molecular weight excluding hydrogens is 296 g/mol. The number of amides is 2. The summed E-state index contributed by atoms with van der Waals surface area (Å²) < 4.78 is 5.88. The number of hydrogen-bond donors (Lipinski definition) is 3. The Bertz CT molecular complexity index is 691. The van der Waals surface area contributed by atoms with Crippen LogP contribution < -0.4 is 15.4 Å². The Hall–Kier alpha value is -2.67. The molecule has 0 bridgehead atoms. The van der Waals surface area contributed by atoms with Gasteiger partial charge in [0.05, 0.1) is 6.20 Å². The average molecular weight is 316 g/mol. The minimum atomic E-state index is -0.372. The summed E-state index contributed by atoms with van der Waals surface area (Å²) in [5.41, 5.74) is 1.72. The van der Waals surface area contributed by atoms with Gasteiger partial charge in [-0.15, -0.1) is 0 Å². The van der Waals surface area contributed by atoms with Crippen molar-refractivity contribution in [1.29, 1.82) is 0 Å². The fourth-order valence-corrected chi connectivity index (χ4v) is 1.96. The molecule has 23 heavy (non-hydrogen) atoms. The maximum Gasteiger partial charge on any atom is 0.320 e. The molecule has 0 aliphatic carbocycles. The number of aromatic nitrogens is 2. The SMILES string of the molecule is CNC(=O)Nc1cc(Oc2cncc(C)c2)c(C(C)CO)cn1. The Morgan fingerprint density at radius 3 is 2.78 bits per heavy atom. The summed E-state index contributed by atoms with van der Waals surface area (Å²) in [7, 11) is 1.52. The summed E-state index contributed by atoms with van der Waals surface area (Å²) in [5, 5.41) is 14.5. The van der Waals surface area contributed by atoms with Crippen LogP contribution in [-0.2, 0) is 0 Å². The summed E-state index contributed by atoms with van der Waals surface area (Å²) in [6.45, 7) is 3.75. The number of carbonyl (C=O) groups is 1. The molecule has 1 unspecified atom stereocenters. The number of pyridine rings is 2. The van der Waals surface area contributed by atoms with Crippen LogP contribution in [0.5, 0.6) is 11.5 Å². The van der Waals surface area contributed by atoms with Gasteiger partial charge in [0.2, 0.25) is 0 Å². The second kappa shape index (κ2) is 7.55. The number of urea groups is 1. The van der Waals surface area contributed by atoms with Gasteiger partial charge in [0.25, 0.3) is 0 Å². The summed E-state index contributed by atoms with van der Waals surface area (Å²) >= 11 is 0. The molecule has 2 aromatic heterocycles. The standard InChI is InChI=1S/C16H20N4O3/c1-10-4-12(7-18-6-10)23-14-5-15(20-16(22)17-3)19-8-13(14)11(2)9-21/h4-8,11,21H,9H2,1-3H3,(H2,17,19,20,22). The van der Waals surface area contributed by atoms with E-state index in [-0.39, 0.29) is 18.6 Å². The number of carbonyl (C=O) groups excluding carboxylic acids is 1. The second-order valence-corrected chi connectivity index (χ2v) is 5.20. The van der Waals surface area contributed by atoms with Gasteiger partial charge in [0, 0.05) is 43.6 Å². The molecule has 0 radical (unpaired) electrons. The van der Waals surface area contributed by atoms with Crippen molar-refractivity contribution >= 4 is 11.8 Å². The van der Waals surface area contributed by atoms with E-state index in [4.69, 9.17) is 4.74 Å². The van der Waals surface area contributed by atoms with Gasteiger partial charge in [-0.3, -0.25) is 10.3 Å². The highest BCUT2D eigenvalue weighted by Crippen LogP contribution is 2.31. The average Bonchev–Trinajstić information content (AvgIpc) is 2.54. The monoisotopic (exact) mass is 316 g/mol. The van der Waals surface area contributed by atoms with Gasteiger partial charge in [0.1, 0.15) is 17.3 Å². The Morgan fingerprint density at radius 1 is 1.35 bits per heavy atom. The lowest BCUT2D eigenvalue weighted by molar-refractivity contribution is 0.254. The van der Waals surface area contributed by atoms with Crippen molar-refractivity contribution in [3.8, 4) is 11.5 Å². The van der Waals surface area contributed by atoms with E-state index in [2.05, 4.69) is 20.6 Å². The zero-order valence-electron chi connectivity index (χ0n) is 13.3. The maximum atomic E-state index is 11.4. The first-order valence-electron chi connectivity index (χ1n) is 7.22. The molecule has 0 aliphatic rings. The molecule has 0 saturated carbocycles. The molecule has 0 aromatic carbocycles. The van der Waals surface area contributed by atoms with Crippen LogP contribution in [0.1, 0.15) is 24.0 Å². The smallest absolute Gasteiger partial charge is 0.320 e. The van der Waals surface area contributed by atoms with Crippen LogP contribution in [0.15, 0.2) is 30.7 Å². The Balaban J connectivity index is 2.35. The van der Waals surface area contributed by atoms with E-state index in [1.165, 1.54) is 7.05 Å². The molecule has 7 nitrogen and oxygen atoms in total. The van der Waals surface area contributed by atoms with Crippen LogP contribution in [0.4, 0.5) is 10.6 Å². The molecule has 122 valence electrons. The molecule has 0 saturated heterocycles. The van der Waals surface area contributed by atoms with E-state index in [9.17, 15) is 9.90 Å². The molecule has 0 fully saturated rings. The Labute approximate surface area is 134 Å². The van der Waals surface area contributed by atoms with Gasteiger partial charge in [-0.05, 0) is 18.6 Å². The van der Waals surface area contributed by atoms with Crippen LogP contribution in [0.25, 0.3) is 0 Å². The molecule has 2 amide bonds. The van der Waals surface area contributed by atoms with Crippen molar-refractivity contribution in [3.05, 3.63) is 41.9 Å². The van der Waals surface area contributed by atoms with Crippen LogP contribution in [0.2, 0.25) is 0 Å². The third-order valence-electron chi connectivity index (χ3n) is 3.25. The summed E-state index contributed by atoms with van der Waals surface area (Å²) in [6.07, 6.45) is 4.92. The molecule has 2 aromatic rings. The molecule has 0 aliphatic heterocycles. The number of ether oxygens (including phenoxy) is 1. The number of aliphatic hydroxyl groups excluding tert-OH is 1. The van der Waals surface area contributed by atoms with Gasteiger partial charge in [-0.2, -0.15) is 0 Å². The quantitative estimate of drug-likeness (QED) is 0.787. The second-order valence-electron chi connectivity index (χ2n) is 5.20. The number of rotatable bonds is 5. The molecule has 7 heteroatoms. The van der Waals surface area contributed by atoms with Crippen LogP contribution in [0, 0.1) is 6.92 Å². The van der Waals surface area contributed by atoms with Crippen LogP contribution >= 0.6 is 0 Å². The van der Waals surface area contributed by atoms with E-state index < -0.39 is 0 Å². The van der Waals surface area contributed by atoms with E-state index in [1.807, 2.05) is 19.9 Å². The molecule has 3 N–H and O–H groups in total. The normalized spacial score (nSPS) is 11.7. The topological polar surface area (TPSA) is 96.4 Å². The van der Waals surface area contributed by atoms with Crippen molar-refractivity contribution in [2.45, 2.75) is 19.8 Å². The minimum Gasteiger partial charge on any atom is -0.455 e. The predicted molar refractivity (Wildman–Crippen MR) is 86.9 cm³/mol. The predicted octanol–water partition coefficient (Wildman–Crippen LogP) is 2.42. The lowest BCUT2D eigenvalue weighted by Crippen LogP contribution is -2.25. The lowest BCUT2D eigenvalue weighted by atomic mass is 10.0. The Kier molecular flexibility index (Phi) is 5.48. The van der Waals surface area contributed by atoms with Crippen molar-refractivity contribution in [1.82, 2.24) is 15.3 Å². The molecule has 0 spiro atoms. The zero-order valence-corrected chi connectivity index (χ0v) is 13.3. The van der Waals surface area contributed by atoms with Crippen molar-refractivity contribution < 1.29 is 14.6 Å². The highest BCUT2D eigenvalue weighted by molar-refractivity contribution is 5.88. The molecule has 2 rings (SSSR count). The first-order valence-corrected chi connectivity index (χ1v) is 7.22. The van der Waals surface area contributed by atoms with Gasteiger partial charge < -0.3 is 15.2 Å². The van der Waals surface area contributed by atoms with Crippen LogP contribution in [-0.4, -0.2) is 34.8 Å². The number of hydrogen-bond acceptors (Lipinski definition) is 5. The van der Waals surface area contributed by atoms with E-state index in [0.29, 0.717) is 17.3 Å². The third kappa shape index (κ3) is 4.40. The first kappa shape index (κ1) is 16.7. The highest BCUT2D eigenvalue weighted by Gasteiger charge is 2.15. The van der Waals surface area contributed by atoms with Gasteiger partial charge in [0.15, 0.2) is 0 Å². The maximum absolute atomic E-state index is 11.4. The van der Waals surface area contributed by atoms with Gasteiger partial charge in [-0.1, -0.05) is 6.92 Å². The van der Waals surface area contributed by atoms with Crippen molar-refractivity contribution in [2.75, 3.05) is 19.0 Å². The summed E-state index contributed by atoms with van der Waals surface area (Å²) in [6, 6.07) is 3.11. The fraction of sp³-hybridized carbons (Fsp3) is 0.312. The number of aryl methyl sites for hydroxylation is 1. The third-order valence-corrected chi connectivity index (χ3v) is 3.25. The van der Waals surface area contributed by atoms with E-state index in [1.54, 1.807) is 24.7 Å². The summed E-state index contributed by atoms with van der Waals surface area (Å²) in [5.74, 6) is 1.30. The van der Waals surface area contributed by atoms with Crippen LogP contribution in [0.3, 0.4) is 0 Å². The number of nitrogens with one attached hydrogen (secondary N) is 2. The highest BCUT2D eigenvalue weighted by atomic mass is 16.5. The molecule has 1 atom stereocenters. The van der Waals surface area contributed by atoms with Gasteiger partial charge in [-0.25, -0.2) is 9.78 Å². The largest absolute Gasteiger partial charge is 0.455 e.